The topological polar surface area (TPSA) is 178 Å². The summed E-state index contributed by atoms with van der Waals surface area (Å²) in [4.78, 5) is 43.4. The van der Waals surface area contributed by atoms with Crippen LogP contribution in [0.15, 0.2) is 30.6 Å². The second kappa shape index (κ2) is 11.6. The Morgan fingerprint density at radius 1 is 1.06 bits per heavy atom. The number of nitrogens with zero attached hydrogens (tertiary/aromatic N) is 5. The molecule has 1 aromatic heterocycles. The van der Waals surface area contributed by atoms with Gasteiger partial charge in [0.1, 0.15) is 6.33 Å². The molecule has 0 spiro atoms. The fourth-order valence-corrected chi connectivity index (χ4v) is 3.20. The highest BCUT2D eigenvalue weighted by atomic mass is 16.6. The minimum absolute atomic E-state index is 0.0455. The second-order valence-electron chi connectivity index (χ2n) is 7.18. The van der Waals surface area contributed by atoms with Crippen LogP contribution in [0.4, 0.5) is 23.0 Å². The van der Waals surface area contributed by atoms with Crippen molar-refractivity contribution >= 4 is 28.9 Å². The molecule has 1 aliphatic rings. The van der Waals surface area contributed by atoms with Gasteiger partial charge >= 0.3 is 5.69 Å². The number of nitrogens with one attached hydrogen (secondary N) is 3. The van der Waals surface area contributed by atoms with E-state index in [4.69, 9.17) is 4.74 Å². The average Bonchev–Trinajstić information content (AvgIpc) is 2.81. The zero-order valence-corrected chi connectivity index (χ0v) is 17.7. The lowest BCUT2D eigenvalue weighted by atomic mass is 10.1. The number of rotatable bonds is 11. The van der Waals surface area contributed by atoms with Gasteiger partial charge in [-0.25, -0.2) is 9.97 Å². The van der Waals surface area contributed by atoms with Crippen molar-refractivity contribution in [3.8, 4) is 0 Å². The number of hydrogen-bond donors (Lipinski definition) is 3. The van der Waals surface area contributed by atoms with Crippen molar-refractivity contribution in [3.05, 3.63) is 56.4 Å². The van der Waals surface area contributed by atoms with E-state index in [1.54, 1.807) is 0 Å². The first-order valence-electron chi connectivity index (χ1n) is 10.3. The molecule has 0 bridgehead atoms. The third kappa shape index (κ3) is 7.05. The maximum Gasteiger partial charge on any atom is 0.354 e. The number of ether oxygens (including phenoxy) is 1. The molecule has 1 fully saturated rings. The van der Waals surface area contributed by atoms with Crippen LogP contribution >= 0.6 is 0 Å². The van der Waals surface area contributed by atoms with Crippen molar-refractivity contribution in [1.29, 1.82) is 0 Å². The smallest absolute Gasteiger partial charge is 0.354 e. The lowest BCUT2D eigenvalue weighted by molar-refractivity contribution is -0.384. The van der Waals surface area contributed by atoms with E-state index in [-0.39, 0.29) is 29.4 Å². The van der Waals surface area contributed by atoms with Crippen molar-refractivity contribution in [3.63, 3.8) is 0 Å². The van der Waals surface area contributed by atoms with Crippen LogP contribution in [0.5, 0.6) is 0 Å². The molecule has 0 atom stereocenters. The zero-order valence-electron chi connectivity index (χ0n) is 17.7. The molecular formula is C19H24N8O6. The van der Waals surface area contributed by atoms with Crippen LogP contribution in [-0.2, 0) is 16.0 Å². The lowest BCUT2D eigenvalue weighted by Crippen LogP contribution is -2.37. The maximum absolute atomic E-state index is 12.2. The molecule has 14 nitrogen and oxygen atoms in total. The normalized spacial score (nSPS) is 13.8. The number of nitro groups is 2. The number of aromatic nitrogens is 2. The molecule has 1 aromatic carbocycles. The van der Waals surface area contributed by atoms with Crippen LogP contribution < -0.4 is 16.2 Å². The number of morpholine rings is 1. The van der Waals surface area contributed by atoms with E-state index in [0.717, 1.165) is 32.4 Å². The number of benzene rings is 1. The van der Waals surface area contributed by atoms with Gasteiger partial charge in [0.25, 0.3) is 5.69 Å². The molecular weight excluding hydrogens is 436 g/mol. The summed E-state index contributed by atoms with van der Waals surface area (Å²) in [5.74, 6) is -0.622. The zero-order chi connectivity index (χ0) is 23.6. The molecule has 0 aliphatic carbocycles. The fourth-order valence-electron chi connectivity index (χ4n) is 3.20. The Bertz CT molecular complexity index is 981. The van der Waals surface area contributed by atoms with Gasteiger partial charge in [0.2, 0.25) is 17.5 Å². The summed E-state index contributed by atoms with van der Waals surface area (Å²) < 4.78 is 5.31. The highest BCUT2D eigenvalue weighted by Gasteiger charge is 2.23. The van der Waals surface area contributed by atoms with Gasteiger partial charge in [-0.1, -0.05) is 12.1 Å². The van der Waals surface area contributed by atoms with E-state index in [1.165, 1.54) is 24.3 Å². The fraction of sp³-hybridized carbons (Fsp3) is 0.421. The summed E-state index contributed by atoms with van der Waals surface area (Å²) in [7, 11) is 0. The molecule has 0 unspecified atom stereocenters. The van der Waals surface area contributed by atoms with Crippen LogP contribution in [0.2, 0.25) is 0 Å². The van der Waals surface area contributed by atoms with Crippen molar-refractivity contribution in [1.82, 2.24) is 20.3 Å². The third-order valence-electron chi connectivity index (χ3n) is 4.88. The first kappa shape index (κ1) is 23.7. The summed E-state index contributed by atoms with van der Waals surface area (Å²) in [5, 5.41) is 25.3. The number of non-ortho nitro benzene ring substituents is 1. The van der Waals surface area contributed by atoms with Crippen LogP contribution in [0.1, 0.15) is 12.0 Å². The summed E-state index contributed by atoms with van der Waals surface area (Å²) in [6, 6.07) is 5.51. The first-order valence-corrected chi connectivity index (χ1v) is 10.3. The molecule has 2 heterocycles. The van der Waals surface area contributed by atoms with Crippen LogP contribution in [-0.4, -0.2) is 70.0 Å². The number of hydrazine groups is 1. The van der Waals surface area contributed by atoms with Gasteiger partial charge in [-0.3, -0.25) is 40.8 Å². The van der Waals surface area contributed by atoms with Gasteiger partial charge in [-0.05, 0) is 18.5 Å². The molecule has 3 rings (SSSR count). The minimum Gasteiger partial charge on any atom is -0.379 e. The molecule has 33 heavy (non-hydrogen) atoms. The van der Waals surface area contributed by atoms with E-state index in [2.05, 4.69) is 31.0 Å². The quantitative estimate of drug-likeness (QED) is 0.248. The Balaban J connectivity index is 1.54. The van der Waals surface area contributed by atoms with Gasteiger partial charge in [0.15, 0.2) is 0 Å². The molecule has 0 saturated carbocycles. The van der Waals surface area contributed by atoms with Gasteiger partial charge in [0, 0.05) is 31.8 Å². The molecule has 0 radical (unpaired) electrons. The Hall–Kier alpha value is -3.91. The standard InChI is InChI=1S/C19H24N8O6/c28-16(12-14-2-4-15(5-3-14)26(29)30)23-24-19-17(27(31)32)18(21-13-22-19)20-6-1-7-25-8-10-33-11-9-25/h2-5,13H,1,6-12H2,(H,23,28)(H2,20,21,22,24). The van der Waals surface area contributed by atoms with Crippen molar-refractivity contribution < 1.29 is 19.4 Å². The Morgan fingerprint density at radius 2 is 1.76 bits per heavy atom. The Morgan fingerprint density at radius 3 is 2.42 bits per heavy atom. The number of carbonyl (C=O) groups excluding carboxylic acids is 1. The second-order valence-corrected chi connectivity index (χ2v) is 7.18. The highest BCUT2D eigenvalue weighted by molar-refractivity contribution is 5.81. The molecule has 14 heteroatoms. The van der Waals surface area contributed by atoms with Crippen LogP contribution in [0, 0.1) is 20.2 Å². The Kier molecular flexibility index (Phi) is 8.37. The van der Waals surface area contributed by atoms with Crippen molar-refractivity contribution in [2.24, 2.45) is 0 Å². The predicted octanol–water partition coefficient (Wildman–Crippen LogP) is 1.11. The molecule has 176 valence electrons. The average molecular weight is 460 g/mol. The summed E-state index contributed by atoms with van der Waals surface area (Å²) >= 11 is 0. The summed E-state index contributed by atoms with van der Waals surface area (Å²) in [5.41, 5.74) is 4.89. The molecule has 3 N–H and O–H groups in total. The minimum atomic E-state index is -0.630. The molecule has 1 aliphatic heterocycles. The number of hydrogen-bond acceptors (Lipinski definition) is 11. The summed E-state index contributed by atoms with van der Waals surface area (Å²) in [6.45, 7) is 4.44. The van der Waals surface area contributed by atoms with E-state index in [9.17, 15) is 25.0 Å². The number of amides is 1. The third-order valence-corrected chi connectivity index (χ3v) is 4.88. The van der Waals surface area contributed by atoms with Gasteiger partial charge in [-0.15, -0.1) is 0 Å². The summed E-state index contributed by atoms with van der Waals surface area (Å²) in [6.07, 6.45) is 1.83. The van der Waals surface area contributed by atoms with Gasteiger partial charge in [0.05, 0.1) is 29.5 Å². The highest BCUT2D eigenvalue weighted by Crippen LogP contribution is 2.28. The van der Waals surface area contributed by atoms with Crippen LogP contribution in [0.3, 0.4) is 0 Å². The molecule has 1 amide bonds. The van der Waals surface area contributed by atoms with Crippen molar-refractivity contribution in [2.45, 2.75) is 12.8 Å². The monoisotopic (exact) mass is 460 g/mol. The number of nitro benzene ring substituents is 1. The predicted molar refractivity (Wildman–Crippen MR) is 118 cm³/mol. The van der Waals surface area contributed by atoms with E-state index < -0.39 is 15.8 Å². The maximum atomic E-state index is 12.2. The van der Waals surface area contributed by atoms with Gasteiger partial charge in [-0.2, -0.15) is 0 Å². The SMILES string of the molecule is O=C(Cc1ccc([N+](=O)[O-])cc1)NNc1ncnc(NCCCN2CCOCC2)c1[N+](=O)[O-]. The van der Waals surface area contributed by atoms with E-state index >= 15 is 0 Å². The van der Waals surface area contributed by atoms with E-state index in [1.807, 2.05) is 0 Å². The van der Waals surface area contributed by atoms with Crippen molar-refractivity contribution in [2.75, 3.05) is 50.1 Å². The largest absolute Gasteiger partial charge is 0.379 e. The first-order chi connectivity index (χ1) is 15.9. The molecule has 1 saturated heterocycles. The molecule has 2 aromatic rings. The van der Waals surface area contributed by atoms with Gasteiger partial charge < -0.3 is 10.1 Å². The van der Waals surface area contributed by atoms with E-state index in [0.29, 0.717) is 25.3 Å². The number of anilines is 2. The number of carbonyl (C=O) groups is 1. The lowest BCUT2D eigenvalue weighted by Gasteiger charge is -2.26. The van der Waals surface area contributed by atoms with Crippen LogP contribution in [0.25, 0.3) is 0 Å². The Labute approximate surface area is 188 Å².